The van der Waals surface area contributed by atoms with Crippen molar-refractivity contribution in [3.8, 4) is 0 Å². The Kier molecular flexibility index (Phi) is 4.85. The highest BCUT2D eigenvalue weighted by Crippen LogP contribution is 2.17. The molecule has 1 rings (SSSR count). The molecule has 0 bridgehead atoms. The van der Waals surface area contributed by atoms with Gasteiger partial charge in [-0.1, -0.05) is 55.9 Å². The Bertz CT molecular complexity index is 309. The summed E-state index contributed by atoms with van der Waals surface area (Å²) >= 11 is 1.18. The molecule has 0 aliphatic rings. The summed E-state index contributed by atoms with van der Waals surface area (Å²) in [4.78, 5) is 11.5. The zero-order valence-corrected chi connectivity index (χ0v) is 9.83. The van der Waals surface area contributed by atoms with Gasteiger partial charge in [0.05, 0.1) is 0 Å². The van der Waals surface area contributed by atoms with Gasteiger partial charge < -0.3 is 5.11 Å². The van der Waals surface area contributed by atoms with E-state index in [1.165, 1.54) is 11.8 Å². The van der Waals surface area contributed by atoms with E-state index in [0.717, 1.165) is 5.56 Å². The van der Waals surface area contributed by atoms with Crippen LogP contribution in [0.25, 0.3) is 0 Å². The minimum Gasteiger partial charge on any atom is -0.384 e. The van der Waals surface area contributed by atoms with Gasteiger partial charge in [-0.15, -0.1) is 0 Å². The molecule has 0 spiro atoms. The molecule has 0 amide bonds. The van der Waals surface area contributed by atoms with Gasteiger partial charge in [0.25, 0.3) is 0 Å². The lowest BCUT2D eigenvalue weighted by molar-refractivity contribution is -0.120. The third-order valence-electron chi connectivity index (χ3n) is 2.10. The predicted octanol–water partition coefficient (Wildman–Crippen LogP) is 2.46. The van der Waals surface area contributed by atoms with Crippen molar-refractivity contribution in [1.82, 2.24) is 0 Å². The van der Waals surface area contributed by atoms with Crippen LogP contribution in [0.2, 0.25) is 0 Å². The first-order chi connectivity index (χ1) is 7.11. The molecule has 0 saturated carbocycles. The highest BCUT2D eigenvalue weighted by atomic mass is 32.2. The van der Waals surface area contributed by atoms with E-state index < -0.39 is 6.10 Å². The number of hydrogen-bond donors (Lipinski definition) is 1. The van der Waals surface area contributed by atoms with Crippen molar-refractivity contribution in [1.29, 1.82) is 0 Å². The maximum Gasteiger partial charge on any atom is 0.217 e. The van der Waals surface area contributed by atoms with Gasteiger partial charge in [-0.05, 0) is 11.5 Å². The third kappa shape index (κ3) is 4.06. The number of hydrogen-bond acceptors (Lipinski definition) is 3. The third-order valence-corrected chi connectivity index (χ3v) is 3.10. The average Bonchev–Trinajstić information content (AvgIpc) is 2.26. The van der Waals surface area contributed by atoms with Gasteiger partial charge in [0.1, 0.15) is 6.10 Å². The molecule has 1 atom stereocenters. The van der Waals surface area contributed by atoms with Crippen molar-refractivity contribution >= 4 is 16.9 Å². The van der Waals surface area contributed by atoms with Crippen molar-refractivity contribution < 1.29 is 9.90 Å². The molecular formula is C12H16O2S. The molecule has 0 fully saturated rings. The van der Waals surface area contributed by atoms with Crippen molar-refractivity contribution in [2.45, 2.75) is 25.7 Å². The van der Waals surface area contributed by atoms with E-state index in [4.69, 9.17) is 0 Å². The maximum atomic E-state index is 11.5. The summed E-state index contributed by atoms with van der Waals surface area (Å²) in [5.41, 5.74) is 1.10. The molecule has 1 aromatic rings. The van der Waals surface area contributed by atoms with Gasteiger partial charge in [-0.25, -0.2) is 0 Å². The molecule has 82 valence electrons. The molecule has 1 aromatic carbocycles. The Labute approximate surface area is 94.7 Å². The monoisotopic (exact) mass is 224 g/mol. The number of aliphatic hydroxyl groups excluding tert-OH is 1. The first-order valence-corrected chi connectivity index (χ1v) is 5.98. The molecule has 15 heavy (non-hydrogen) atoms. The zero-order chi connectivity index (χ0) is 11.3. The summed E-state index contributed by atoms with van der Waals surface area (Å²) in [6.45, 7) is 3.68. The Morgan fingerprint density at radius 1 is 1.33 bits per heavy atom. The standard InChI is InChI=1S/C12H16O2S/c1-9(2)11(13)12(14)15-8-10-6-4-3-5-7-10/h3-7,9,11,13H,8H2,1-2H3. The van der Waals surface area contributed by atoms with Crippen molar-refractivity contribution in [3.05, 3.63) is 35.9 Å². The lowest BCUT2D eigenvalue weighted by Crippen LogP contribution is -2.23. The highest BCUT2D eigenvalue weighted by molar-refractivity contribution is 8.13. The molecular weight excluding hydrogens is 208 g/mol. The van der Waals surface area contributed by atoms with Crippen LogP contribution in [-0.4, -0.2) is 16.3 Å². The molecule has 0 aromatic heterocycles. The average molecular weight is 224 g/mol. The quantitative estimate of drug-likeness (QED) is 0.853. The molecule has 0 radical (unpaired) electrons. The second-order valence-corrected chi connectivity index (χ2v) is 4.76. The second-order valence-electron chi connectivity index (χ2n) is 3.78. The van der Waals surface area contributed by atoms with E-state index in [0.29, 0.717) is 5.75 Å². The maximum absolute atomic E-state index is 11.5. The van der Waals surface area contributed by atoms with Crippen LogP contribution in [0.4, 0.5) is 0 Å². The summed E-state index contributed by atoms with van der Waals surface area (Å²) in [5, 5.41) is 9.36. The van der Waals surface area contributed by atoms with E-state index in [9.17, 15) is 9.90 Å². The predicted molar refractivity (Wildman–Crippen MR) is 63.6 cm³/mol. The van der Waals surface area contributed by atoms with Gasteiger partial charge in [0.2, 0.25) is 5.12 Å². The largest absolute Gasteiger partial charge is 0.384 e. The first kappa shape index (κ1) is 12.3. The lowest BCUT2D eigenvalue weighted by atomic mass is 10.1. The van der Waals surface area contributed by atoms with E-state index in [2.05, 4.69) is 0 Å². The minimum absolute atomic E-state index is 0.0132. The Morgan fingerprint density at radius 3 is 2.47 bits per heavy atom. The van der Waals surface area contributed by atoms with Crippen molar-refractivity contribution in [2.75, 3.05) is 0 Å². The number of benzene rings is 1. The van der Waals surface area contributed by atoms with Gasteiger partial charge in [0, 0.05) is 5.75 Å². The molecule has 0 aliphatic heterocycles. The van der Waals surface area contributed by atoms with Crippen LogP contribution in [0.5, 0.6) is 0 Å². The van der Waals surface area contributed by atoms with Crippen LogP contribution in [0, 0.1) is 5.92 Å². The van der Waals surface area contributed by atoms with Gasteiger partial charge in [0.15, 0.2) is 0 Å². The zero-order valence-electron chi connectivity index (χ0n) is 9.01. The lowest BCUT2D eigenvalue weighted by Gasteiger charge is -2.12. The fraction of sp³-hybridized carbons (Fsp3) is 0.417. The number of aliphatic hydroxyl groups is 1. The number of carbonyl (C=O) groups excluding carboxylic acids is 1. The molecule has 0 heterocycles. The van der Waals surface area contributed by atoms with Crippen LogP contribution in [0.15, 0.2) is 30.3 Å². The molecule has 1 N–H and O–H groups in total. The van der Waals surface area contributed by atoms with E-state index in [1.54, 1.807) is 0 Å². The SMILES string of the molecule is CC(C)C(O)C(=O)SCc1ccccc1. The number of carbonyl (C=O) groups is 1. The number of thioether (sulfide) groups is 1. The van der Waals surface area contributed by atoms with Crippen LogP contribution in [-0.2, 0) is 10.5 Å². The fourth-order valence-electron chi connectivity index (χ4n) is 1.09. The van der Waals surface area contributed by atoms with E-state index in [1.807, 2.05) is 44.2 Å². The Hall–Kier alpha value is -0.800. The summed E-state index contributed by atoms with van der Waals surface area (Å²) in [5.74, 6) is 0.615. The van der Waals surface area contributed by atoms with Gasteiger partial charge in [-0.2, -0.15) is 0 Å². The van der Waals surface area contributed by atoms with Crippen LogP contribution >= 0.6 is 11.8 Å². The first-order valence-electron chi connectivity index (χ1n) is 5.00. The number of rotatable bonds is 4. The normalized spacial score (nSPS) is 12.8. The molecule has 0 aliphatic carbocycles. The van der Waals surface area contributed by atoms with E-state index in [-0.39, 0.29) is 11.0 Å². The summed E-state index contributed by atoms with van der Waals surface area (Å²) in [6.07, 6.45) is -0.848. The second kappa shape index (κ2) is 5.93. The summed E-state index contributed by atoms with van der Waals surface area (Å²) in [6, 6.07) is 9.78. The highest BCUT2D eigenvalue weighted by Gasteiger charge is 2.18. The molecule has 3 heteroatoms. The Balaban J connectivity index is 2.41. The van der Waals surface area contributed by atoms with Crippen LogP contribution in [0.1, 0.15) is 19.4 Å². The molecule has 2 nitrogen and oxygen atoms in total. The summed E-state index contributed by atoms with van der Waals surface area (Å²) in [7, 11) is 0. The Morgan fingerprint density at radius 2 is 1.93 bits per heavy atom. The fourth-order valence-corrected chi connectivity index (χ4v) is 2.03. The topological polar surface area (TPSA) is 37.3 Å². The molecule has 0 saturated heterocycles. The smallest absolute Gasteiger partial charge is 0.217 e. The van der Waals surface area contributed by atoms with Crippen LogP contribution < -0.4 is 0 Å². The minimum atomic E-state index is -0.848. The van der Waals surface area contributed by atoms with Crippen molar-refractivity contribution in [2.24, 2.45) is 5.92 Å². The van der Waals surface area contributed by atoms with Gasteiger partial charge >= 0.3 is 0 Å². The van der Waals surface area contributed by atoms with Crippen LogP contribution in [0.3, 0.4) is 0 Å². The van der Waals surface area contributed by atoms with Crippen molar-refractivity contribution in [3.63, 3.8) is 0 Å². The van der Waals surface area contributed by atoms with Gasteiger partial charge in [-0.3, -0.25) is 4.79 Å². The molecule has 1 unspecified atom stereocenters. The van der Waals surface area contributed by atoms with E-state index >= 15 is 0 Å². The summed E-state index contributed by atoms with van der Waals surface area (Å²) < 4.78 is 0.